The molecule has 0 N–H and O–H groups in total. The third-order valence-electron chi connectivity index (χ3n) is 4.16. The van der Waals surface area contributed by atoms with Crippen molar-refractivity contribution in [3.05, 3.63) is 23.9 Å². The van der Waals surface area contributed by atoms with E-state index in [9.17, 15) is 0 Å². The summed E-state index contributed by atoms with van der Waals surface area (Å²) in [6.07, 6.45) is 3.80. The maximum atomic E-state index is 5.08. The predicted molar refractivity (Wildman–Crippen MR) is 91.0 cm³/mol. The molecule has 124 valence electrons. The summed E-state index contributed by atoms with van der Waals surface area (Å²) in [4.78, 5) is 17.7. The summed E-state index contributed by atoms with van der Waals surface area (Å²) in [6, 6.07) is 2.53. The average Bonchev–Trinajstić information content (AvgIpc) is 3.03. The highest BCUT2D eigenvalue weighted by Crippen LogP contribution is 2.25. The minimum absolute atomic E-state index is 0.475. The zero-order chi connectivity index (χ0) is 16.2. The summed E-state index contributed by atoms with van der Waals surface area (Å²) in [5.74, 6) is 1.76. The molecule has 0 atom stereocenters. The molecule has 0 aliphatic carbocycles. The number of hydrogen-bond acceptors (Lipinski definition) is 8. The van der Waals surface area contributed by atoms with E-state index in [0.717, 1.165) is 48.4 Å². The lowest BCUT2D eigenvalue weighted by Crippen LogP contribution is -2.43. The van der Waals surface area contributed by atoms with Crippen LogP contribution in [0.2, 0.25) is 0 Å². The summed E-state index contributed by atoms with van der Waals surface area (Å²) in [5, 5.41) is 0.996. The van der Waals surface area contributed by atoms with Crippen molar-refractivity contribution in [3.63, 3.8) is 0 Å². The monoisotopic (exact) mass is 334 g/mol. The topological polar surface area (TPSA) is 67.3 Å². The van der Waals surface area contributed by atoms with Crippen LogP contribution in [-0.4, -0.2) is 52.6 Å². The minimum Gasteiger partial charge on any atom is -0.377 e. The molecule has 8 heteroatoms. The second-order valence-corrected chi connectivity index (χ2v) is 6.50. The van der Waals surface area contributed by atoms with Crippen LogP contribution in [0, 0.1) is 6.92 Å². The summed E-state index contributed by atoms with van der Waals surface area (Å²) in [7, 11) is 3.78. The minimum atomic E-state index is 0.475. The van der Waals surface area contributed by atoms with Gasteiger partial charge in [-0.2, -0.15) is 4.37 Å². The summed E-state index contributed by atoms with van der Waals surface area (Å²) >= 11 is 1.45. The smallest absolute Gasteiger partial charge is 0.205 e. The first-order valence-electron chi connectivity index (χ1n) is 7.75. The lowest BCUT2D eigenvalue weighted by atomic mass is 10.0. The van der Waals surface area contributed by atoms with Gasteiger partial charge in [-0.15, -0.1) is 0 Å². The molecule has 0 unspecified atom stereocenters. The third-order valence-corrected chi connectivity index (χ3v) is 4.98. The van der Waals surface area contributed by atoms with Crippen LogP contribution in [0.25, 0.3) is 0 Å². The van der Waals surface area contributed by atoms with Crippen LogP contribution in [0.4, 0.5) is 10.9 Å². The van der Waals surface area contributed by atoms with Crippen LogP contribution in [0.3, 0.4) is 0 Å². The number of ether oxygens (including phenoxy) is 1. The van der Waals surface area contributed by atoms with E-state index >= 15 is 0 Å². The van der Waals surface area contributed by atoms with E-state index in [0.29, 0.717) is 12.6 Å². The van der Waals surface area contributed by atoms with Crippen molar-refractivity contribution in [2.45, 2.75) is 32.4 Å². The number of methoxy groups -OCH3 is 1. The van der Waals surface area contributed by atoms with Crippen LogP contribution in [0.15, 0.2) is 12.4 Å². The molecule has 1 aliphatic heterocycles. The van der Waals surface area contributed by atoms with Gasteiger partial charge in [-0.05, 0) is 19.8 Å². The molecule has 2 aromatic heterocycles. The highest BCUT2D eigenvalue weighted by molar-refractivity contribution is 7.09. The summed E-state index contributed by atoms with van der Waals surface area (Å²) in [5.41, 5.74) is 0.999. The maximum Gasteiger partial charge on any atom is 0.205 e. The normalized spacial score (nSPS) is 15.9. The molecule has 0 amide bonds. The van der Waals surface area contributed by atoms with Crippen LogP contribution >= 0.6 is 11.5 Å². The Morgan fingerprint density at radius 3 is 2.83 bits per heavy atom. The number of nitrogens with zero attached hydrogens (tertiary/aromatic N) is 6. The average molecular weight is 334 g/mol. The Morgan fingerprint density at radius 2 is 2.13 bits per heavy atom. The quantitative estimate of drug-likeness (QED) is 0.827. The molecule has 7 nitrogen and oxygen atoms in total. The fourth-order valence-corrected chi connectivity index (χ4v) is 3.55. The molecular weight excluding hydrogens is 312 g/mol. The van der Waals surface area contributed by atoms with Gasteiger partial charge in [0, 0.05) is 56.6 Å². The van der Waals surface area contributed by atoms with Crippen molar-refractivity contribution in [2.75, 3.05) is 37.0 Å². The molecule has 0 spiro atoms. The van der Waals surface area contributed by atoms with Crippen molar-refractivity contribution in [2.24, 2.45) is 0 Å². The molecule has 0 aromatic carbocycles. The molecular formula is C15H22N6OS. The van der Waals surface area contributed by atoms with Gasteiger partial charge in [0.25, 0.3) is 0 Å². The van der Waals surface area contributed by atoms with Gasteiger partial charge in [-0.1, -0.05) is 0 Å². The van der Waals surface area contributed by atoms with Crippen molar-refractivity contribution in [3.8, 4) is 0 Å². The van der Waals surface area contributed by atoms with Gasteiger partial charge in [0.15, 0.2) is 5.82 Å². The van der Waals surface area contributed by atoms with E-state index in [4.69, 9.17) is 4.74 Å². The van der Waals surface area contributed by atoms with Crippen molar-refractivity contribution >= 4 is 22.5 Å². The van der Waals surface area contributed by atoms with Crippen LogP contribution in [-0.2, 0) is 11.3 Å². The predicted octanol–water partition coefficient (Wildman–Crippen LogP) is 1.89. The van der Waals surface area contributed by atoms with Crippen molar-refractivity contribution in [1.82, 2.24) is 19.3 Å². The molecule has 1 saturated heterocycles. The Kier molecular flexibility index (Phi) is 5.02. The molecule has 0 saturated carbocycles. The molecule has 0 bridgehead atoms. The van der Waals surface area contributed by atoms with Gasteiger partial charge in [0.1, 0.15) is 18.8 Å². The van der Waals surface area contributed by atoms with Crippen LogP contribution in [0.5, 0.6) is 0 Å². The summed E-state index contributed by atoms with van der Waals surface area (Å²) in [6.45, 7) is 4.44. The Bertz CT molecular complexity index is 640. The first-order chi connectivity index (χ1) is 11.2. The molecule has 1 aliphatic rings. The van der Waals surface area contributed by atoms with Gasteiger partial charge in [0.05, 0.1) is 0 Å². The van der Waals surface area contributed by atoms with E-state index in [2.05, 4.69) is 36.2 Å². The lowest BCUT2D eigenvalue weighted by Gasteiger charge is -2.37. The highest BCUT2D eigenvalue weighted by Gasteiger charge is 2.25. The standard InChI is InChI=1S/C15H22N6OS/c1-11-8-14(17-10-16-11)20(2)12-4-6-21(7-5-12)15-18-13(9-22-3)19-23-15/h8,10,12H,4-7,9H2,1-3H3. The molecule has 2 aromatic rings. The van der Waals surface area contributed by atoms with Crippen LogP contribution in [0.1, 0.15) is 24.4 Å². The number of hydrogen-bond donors (Lipinski definition) is 0. The van der Waals surface area contributed by atoms with E-state index in [1.807, 2.05) is 13.0 Å². The van der Waals surface area contributed by atoms with E-state index in [1.54, 1.807) is 13.4 Å². The number of rotatable bonds is 5. The fraction of sp³-hybridized carbons (Fsp3) is 0.600. The van der Waals surface area contributed by atoms with Gasteiger partial charge < -0.3 is 14.5 Å². The first kappa shape index (κ1) is 16.1. The van der Waals surface area contributed by atoms with Gasteiger partial charge >= 0.3 is 0 Å². The second-order valence-electron chi connectivity index (χ2n) is 5.77. The second kappa shape index (κ2) is 7.18. The molecule has 3 rings (SSSR count). The molecule has 3 heterocycles. The van der Waals surface area contributed by atoms with Gasteiger partial charge in [-0.3, -0.25) is 0 Å². The van der Waals surface area contributed by atoms with E-state index in [-0.39, 0.29) is 0 Å². The Morgan fingerprint density at radius 1 is 1.35 bits per heavy atom. The van der Waals surface area contributed by atoms with E-state index < -0.39 is 0 Å². The van der Waals surface area contributed by atoms with Gasteiger partial charge in [0.2, 0.25) is 5.13 Å². The zero-order valence-corrected chi connectivity index (χ0v) is 14.6. The molecule has 1 fully saturated rings. The maximum absolute atomic E-state index is 5.08. The largest absolute Gasteiger partial charge is 0.377 e. The number of piperidine rings is 1. The Balaban J connectivity index is 1.59. The molecule has 23 heavy (non-hydrogen) atoms. The number of aryl methyl sites for hydroxylation is 1. The van der Waals surface area contributed by atoms with Crippen molar-refractivity contribution < 1.29 is 4.74 Å². The Labute approximate surface area is 140 Å². The zero-order valence-electron chi connectivity index (χ0n) is 13.8. The lowest BCUT2D eigenvalue weighted by molar-refractivity contribution is 0.179. The summed E-state index contributed by atoms with van der Waals surface area (Å²) < 4.78 is 9.41. The first-order valence-corrected chi connectivity index (χ1v) is 8.52. The third kappa shape index (κ3) is 3.76. The Hall–Kier alpha value is -1.80. The SMILES string of the molecule is COCc1nsc(N2CCC(N(C)c3cc(C)ncn3)CC2)n1. The number of aromatic nitrogens is 4. The fourth-order valence-electron chi connectivity index (χ4n) is 2.83. The van der Waals surface area contributed by atoms with Crippen molar-refractivity contribution in [1.29, 1.82) is 0 Å². The van der Waals surface area contributed by atoms with Gasteiger partial charge in [-0.25, -0.2) is 15.0 Å². The number of anilines is 2. The highest BCUT2D eigenvalue weighted by atomic mass is 32.1. The van der Waals surface area contributed by atoms with Crippen LogP contribution < -0.4 is 9.80 Å². The van der Waals surface area contributed by atoms with E-state index in [1.165, 1.54) is 11.5 Å². The molecule has 0 radical (unpaired) electrons.